The van der Waals surface area contributed by atoms with Crippen LogP contribution in [0, 0.1) is 0 Å². The monoisotopic (exact) mass is 358 g/mol. The molecule has 0 aromatic carbocycles. The molecule has 10 nitrogen and oxygen atoms in total. The van der Waals surface area contributed by atoms with Crippen molar-refractivity contribution >= 4 is 18.0 Å². The van der Waals surface area contributed by atoms with E-state index in [1.165, 1.54) is 4.90 Å². The molecule has 3 N–H and O–H groups in total. The third kappa shape index (κ3) is 4.95. The van der Waals surface area contributed by atoms with Crippen molar-refractivity contribution in [2.45, 2.75) is 64.3 Å². The maximum atomic E-state index is 12.2. The van der Waals surface area contributed by atoms with E-state index in [-0.39, 0.29) is 18.7 Å². The lowest BCUT2D eigenvalue weighted by molar-refractivity contribution is -0.139. The predicted octanol–water partition coefficient (Wildman–Crippen LogP) is 0.605. The molecule has 0 aromatic rings. The van der Waals surface area contributed by atoms with Crippen molar-refractivity contribution in [3.05, 3.63) is 0 Å². The van der Waals surface area contributed by atoms with E-state index in [2.05, 4.69) is 10.8 Å². The molecule has 2 unspecified atom stereocenters. The molecular weight excluding hydrogens is 332 g/mol. The zero-order valence-electron chi connectivity index (χ0n) is 14.9. The number of amides is 4. The van der Waals surface area contributed by atoms with Crippen molar-refractivity contribution in [3.63, 3.8) is 0 Å². The molecule has 142 valence electrons. The van der Waals surface area contributed by atoms with E-state index in [4.69, 9.17) is 9.57 Å². The van der Waals surface area contributed by atoms with Gasteiger partial charge in [0.1, 0.15) is 11.6 Å². The second-order valence-electron chi connectivity index (χ2n) is 7.35. The van der Waals surface area contributed by atoms with Gasteiger partial charge in [-0.05, 0) is 40.5 Å². The lowest BCUT2D eigenvalue weighted by Crippen LogP contribution is -2.50. The summed E-state index contributed by atoms with van der Waals surface area (Å²) in [5.41, 5.74) is 1.70. The van der Waals surface area contributed by atoms with Crippen LogP contribution in [0.1, 0.15) is 40.5 Å². The summed E-state index contributed by atoms with van der Waals surface area (Å²) in [7, 11) is 0. The summed E-state index contributed by atoms with van der Waals surface area (Å²) in [4.78, 5) is 42.1. The summed E-state index contributed by atoms with van der Waals surface area (Å²) in [6.07, 6.45) is 0.431. The van der Waals surface area contributed by atoms with Crippen molar-refractivity contribution in [1.29, 1.82) is 0 Å². The summed E-state index contributed by atoms with van der Waals surface area (Å²) in [5, 5.41) is 12.9. The minimum absolute atomic E-state index is 0.0421. The number of alkyl carbamates (subject to hydrolysis) is 1. The van der Waals surface area contributed by atoms with Crippen LogP contribution in [0.15, 0.2) is 0 Å². The van der Waals surface area contributed by atoms with Gasteiger partial charge in [-0.2, -0.15) is 0 Å². The van der Waals surface area contributed by atoms with E-state index in [9.17, 15) is 19.6 Å². The molecule has 0 saturated carbocycles. The Morgan fingerprint density at radius 2 is 2.04 bits per heavy atom. The Labute approximate surface area is 146 Å². The number of hydroxylamine groups is 3. The Balaban J connectivity index is 1.72. The minimum Gasteiger partial charge on any atom is -0.444 e. The maximum Gasteiger partial charge on any atom is 0.407 e. The molecule has 2 heterocycles. The molecule has 2 aliphatic heterocycles. The summed E-state index contributed by atoms with van der Waals surface area (Å²) >= 11 is 0. The van der Waals surface area contributed by atoms with E-state index in [0.717, 1.165) is 0 Å². The second kappa shape index (κ2) is 7.44. The number of piperidine rings is 1. The number of carbonyl (C=O) groups excluding carboxylic acids is 3. The van der Waals surface area contributed by atoms with Crippen LogP contribution in [-0.2, 0) is 14.4 Å². The van der Waals surface area contributed by atoms with Gasteiger partial charge in [0.15, 0.2) is 0 Å². The standard InChI is InChI=1S/C15H26N4O6/c1-9(16-13(21)25-15(2,3)4)8-24-17-12(20)11-6-5-10-7-18(11)14(22)19(10)23/h9-11,23H,5-8H2,1-4H3,(H,16,21)(H,17,20)/t9-,10?,11?/m0/s1. The Hall–Kier alpha value is -2.07. The Morgan fingerprint density at radius 3 is 2.68 bits per heavy atom. The van der Waals surface area contributed by atoms with Gasteiger partial charge in [-0.1, -0.05) is 0 Å². The first kappa shape index (κ1) is 19.3. The third-order valence-electron chi connectivity index (χ3n) is 3.92. The fourth-order valence-electron chi connectivity index (χ4n) is 2.78. The van der Waals surface area contributed by atoms with Gasteiger partial charge < -0.3 is 15.0 Å². The van der Waals surface area contributed by atoms with E-state index >= 15 is 0 Å². The lowest BCUT2D eigenvalue weighted by Gasteiger charge is -2.29. The molecule has 2 fully saturated rings. The summed E-state index contributed by atoms with van der Waals surface area (Å²) in [6.45, 7) is 7.35. The molecule has 10 heteroatoms. The molecule has 0 spiro atoms. The van der Waals surface area contributed by atoms with E-state index in [1.807, 2.05) is 0 Å². The van der Waals surface area contributed by atoms with Gasteiger partial charge in [0.2, 0.25) is 0 Å². The van der Waals surface area contributed by atoms with Gasteiger partial charge in [0, 0.05) is 6.54 Å². The average Bonchev–Trinajstić information content (AvgIpc) is 2.70. The number of hydrogen-bond acceptors (Lipinski definition) is 6. The highest BCUT2D eigenvalue weighted by Gasteiger charge is 2.46. The van der Waals surface area contributed by atoms with E-state index in [1.54, 1.807) is 27.7 Å². The normalized spacial score (nSPS) is 24.1. The molecule has 0 aromatic heterocycles. The third-order valence-corrected chi connectivity index (χ3v) is 3.92. The number of nitrogens with one attached hydrogen (secondary N) is 2. The second-order valence-corrected chi connectivity index (χ2v) is 7.35. The SMILES string of the molecule is C[C@@H](CONC(=O)C1CCC2CN1C(=O)N2O)NC(=O)OC(C)(C)C. The average molecular weight is 358 g/mol. The van der Waals surface area contributed by atoms with Crippen LogP contribution in [0.3, 0.4) is 0 Å². The van der Waals surface area contributed by atoms with Crippen LogP contribution in [0.4, 0.5) is 9.59 Å². The van der Waals surface area contributed by atoms with Crippen molar-refractivity contribution in [3.8, 4) is 0 Å². The van der Waals surface area contributed by atoms with Crippen molar-refractivity contribution in [2.75, 3.05) is 13.2 Å². The first-order valence-electron chi connectivity index (χ1n) is 8.28. The van der Waals surface area contributed by atoms with Crippen molar-refractivity contribution in [2.24, 2.45) is 0 Å². The van der Waals surface area contributed by atoms with Gasteiger partial charge in [0.25, 0.3) is 5.91 Å². The zero-order chi connectivity index (χ0) is 18.8. The molecule has 2 saturated heterocycles. The highest BCUT2D eigenvalue weighted by molar-refractivity contribution is 5.87. The molecule has 2 aliphatic rings. The quantitative estimate of drug-likeness (QED) is 0.489. The Kier molecular flexibility index (Phi) is 5.73. The van der Waals surface area contributed by atoms with Gasteiger partial charge in [-0.15, -0.1) is 0 Å². The van der Waals surface area contributed by atoms with E-state index in [0.29, 0.717) is 24.4 Å². The van der Waals surface area contributed by atoms with Crippen LogP contribution in [0.2, 0.25) is 0 Å². The number of nitrogens with zero attached hydrogens (tertiary/aromatic N) is 2. The molecule has 4 amide bonds. The van der Waals surface area contributed by atoms with Gasteiger partial charge in [-0.25, -0.2) is 20.1 Å². The molecule has 0 aliphatic carbocycles. The van der Waals surface area contributed by atoms with Crippen LogP contribution >= 0.6 is 0 Å². The lowest BCUT2D eigenvalue weighted by atomic mass is 10.0. The molecule has 3 atom stereocenters. The summed E-state index contributed by atoms with van der Waals surface area (Å²) in [6, 6.07) is -1.87. The number of fused-ring (bicyclic) bond motifs is 2. The number of rotatable bonds is 5. The molecule has 2 rings (SSSR count). The largest absolute Gasteiger partial charge is 0.444 e. The van der Waals surface area contributed by atoms with Crippen molar-refractivity contribution in [1.82, 2.24) is 20.8 Å². The highest BCUT2D eigenvalue weighted by atomic mass is 16.7. The fraction of sp³-hybridized carbons (Fsp3) is 0.800. The number of ether oxygens (including phenoxy) is 1. The minimum atomic E-state index is -0.671. The first-order valence-corrected chi connectivity index (χ1v) is 8.28. The molecule has 25 heavy (non-hydrogen) atoms. The fourth-order valence-corrected chi connectivity index (χ4v) is 2.78. The molecule has 2 bridgehead atoms. The molecule has 0 radical (unpaired) electrons. The van der Waals surface area contributed by atoms with E-state index < -0.39 is 29.7 Å². The van der Waals surface area contributed by atoms with Crippen molar-refractivity contribution < 1.29 is 29.2 Å². The maximum absolute atomic E-state index is 12.2. The van der Waals surface area contributed by atoms with Crippen LogP contribution in [0.5, 0.6) is 0 Å². The van der Waals surface area contributed by atoms with Crippen LogP contribution in [-0.4, -0.2) is 70.1 Å². The first-order chi connectivity index (χ1) is 11.6. The zero-order valence-corrected chi connectivity index (χ0v) is 14.9. The summed E-state index contributed by atoms with van der Waals surface area (Å²) < 4.78 is 5.12. The highest BCUT2D eigenvalue weighted by Crippen LogP contribution is 2.28. The number of carbonyl (C=O) groups is 3. The van der Waals surface area contributed by atoms with Crippen LogP contribution in [0.25, 0.3) is 0 Å². The predicted molar refractivity (Wildman–Crippen MR) is 85.5 cm³/mol. The summed E-state index contributed by atoms with van der Waals surface area (Å²) in [5.74, 6) is -0.452. The molecular formula is C15H26N4O6. The number of urea groups is 1. The Morgan fingerprint density at radius 1 is 1.36 bits per heavy atom. The van der Waals surface area contributed by atoms with Crippen LogP contribution < -0.4 is 10.8 Å². The Bertz CT molecular complexity index is 535. The number of hydrogen-bond donors (Lipinski definition) is 3. The smallest absolute Gasteiger partial charge is 0.407 e. The van der Waals surface area contributed by atoms with Gasteiger partial charge in [-0.3, -0.25) is 14.8 Å². The van der Waals surface area contributed by atoms with Gasteiger partial charge in [0.05, 0.1) is 18.7 Å². The topological polar surface area (TPSA) is 120 Å². The van der Waals surface area contributed by atoms with Gasteiger partial charge >= 0.3 is 12.1 Å².